The van der Waals surface area contributed by atoms with E-state index >= 15 is 0 Å². The van der Waals surface area contributed by atoms with E-state index in [1.54, 1.807) is 11.8 Å². The number of hydrogen-bond donors (Lipinski definition) is 0. The molecule has 62 valence electrons. The van der Waals surface area contributed by atoms with Gasteiger partial charge in [0.15, 0.2) is 0 Å². The summed E-state index contributed by atoms with van der Waals surface area (Å²) in [5, 5.41) is 0. The van der Waals surface area contributed by atoms with Gasteiger partial charge in [-0.05, 0) is 17.9 Å². The molecule has 0 N–H and O–H groups in total. The van der Waals surface area contributed by atoms with Crippen LogP contribution >= 0.6 is 11.8 Å². The molecule has 3 nitrogen and oxygen atoms in total. The number of hydrogen-bond acceptors (Lipinski definition) is 4. The van der Waals surface area contributed by atoms with Crippen molar-refractivity contribution >= 4 is 21.9 Å². The SMILES string of the molecule is CCSCCCS(=O)(=O)[O-].[Na+]. The molecule has 0 aliphatic rings. The van der Waals surface area contributed by atoms with E-state index in [1.807, 2.05) is 6.92 Å². The molecule has 0 aliphatic carbocycles. The normalized spacial score (nSPS) is 10.7. The second-order valence-corrected chi connectivity index (χ2v) is 4.73. The first-order valence-corrected chi connectivity index (χ1v) is 5.81. The first kappa shape index (κ1) is 14.8. The average molecular weight is 206 g/mol. The predicted octanol–water partition coefficient (Wildman–Crippen LogP) is -2.32. The quantitative estimate of drug-likeness (QED) is 0.288. The van der Waals surface area contributed by atoms with Crippen molar-refractivity contribution in [2.24, 2.45) is 0 Å². The van der Waals surface area contributed by atoms with Crippen molar-refractivity contribution in [3.63, 3.8) is 0 Å². The number of rotatable bonds is 5. The van der Waals surface area contributed by atoms with Crippen molar-refractivity contribution in [1.29, 1.82) is 0 Å². The molecule has 0 aromatic carbocycles. The van der Waals surface area contributed by atoms with E-state index in [4.69, 9.17) is 0 Å². The van der Waals surface area contributed by atoms with Gasteiger partial charge >= 0.3 is 29.6 Å². The molecule has 11 heavy (non-hydrogen) atoms. The van der Waals surface area contributed by atoms with Crippen molar-refractivity contribution in [3.8, 4) is 0 Å². The van der Waals surface area contributed by atoms with Crippen LogP contribution in [0.2, 0.25) is 0 Å². The molecule has 0 radical (unpaired) electrons. The molecule has 0 atom stereocenters. The third kappa shape index (κ3) is 14.2. The smallest absolute Gasteiger partial charge is 0.748 e. The van der Waals surface area contributed by atoms with Crippen molar-refractivity contribution in [1.82, 2.24) is 0 Å². The Morgan fingerprint density at radius 3 is 2.36 bits per heavy atom. The molecule has 0 saturated heterocycles. The van der Waals surface area contributed by atoms with Crippen molar-refractivity contribution in [2.45, 2.75) is 13.3 Å². The average Bonchev–Trinajstić information content (AvgIpc) is 1.78. The second kappa shape index (κ2) is 7.89. The van der Waals surface area contributed by atoms with Crippen molar-refractivity contribution in [2.75, 3.05) is 17.3 Å². The molecule has 6 heteroatoms. The zero-order valence-corrected chi connectivity index (χ0v) is 10.5. The minimum Gasteiger partial charge on any atom is -0.748 e. The van der Waals surface area contributed by atoms with Crippen LogP contribution in [0.15, 0.2) is 0 Å². The van der Waals surface area contributed by atoms with Crippen molar-refractivity contribution < 1.29 is 42.5 Å². The van der Waals surface area contributed by atoms with Crippen LogP contribution in [0.3, 0.4) is 0 Å². The van der Waals surface area contributed by atoms with E-state index in [-0.39, 0.29) is 35.3 Å². The maximum Gasteiger partial charge on any atom is 1.00 e. The van der Waals surface area contributed by atoms with Crippen LogP contribution in [0.1, 0.15) is 13.3 Å². The van der Waals surface area contributed by atoms with Gasteiger partial charge in [-0.2, -0.15) is 11.8 Å². The summed E-state index contributed by atoms with van der Waals surface area (Å²) in [6, 6.07) is 0. The van der Waals surface area contributed by atoms with Gasteiger partial charge in [-0.25, -0.2) is 8.42 Å². The zero-order valence-electron chi connectivity index (χ0n) is 6.87. The predicted molar refractivity (Wildman–Crippen MR) is 42.2 cm³/mol. The minimum absolute atomic E-state index is 0. The van der Waals surface area contributed by atoms with Gasteiger partial charge in [0, 0.05) is 5.75 Å². The van der Waals surface area contributed by atoms with Gasteiger partial charge in [-0.15, -0.1) is 0 Å². The standard InChI is InChI=1S/C5H12O3S2.Na/c1-2-9-4-3-5-10(6,7)8;/h2-5H2,1H3,(H,6,7,8);/q;+1/p-1. The molecule has 0 aromatic rings. The first-order valence-electron chi connectivity index (χ1n) is 3.07. The summed E-state index contributed by atoms with van der Waals surface area (Å²) >= 11 is 1.65. The summed E-state index contributed by atoms with van der Waals surface area (Å²) < 4.78 is 30.1. The Balaban J connectivity index is 0. The summed E-state index contributed by atoms with van der Waals surface area (Å²) in [6.07, 6.45) is 0.477. The Bertz CT molecular complexity index is 167. The third-order valence-corrected chi connectivity index (χ3v) is 2.66. The summed E-state index contributed by atoms with van der Waals surface area (Å²) in [5.41, 5.74) is 0. The first-order chi connectivity index (χ1) is 4.56. The molecule has 0 fully saturated rings. The summed E-state index contributed by atoms with van der Waals surface area (Å²) in [5.74, 6) is 1.51. The third-order valence-electron chi connectivity index (χ3n) is 0.887. The van der Waals surface area contributed by atoms with Gasteiger partial charge in [0.2, 0.25) is 0 Å². The Morgan fingerprint density at radius 2 is 2.00 bits per heavy atom. The molecule has 0 amide bonds. The van der Waals surface area contributed by atoms with E-state index in [1.165, 1.54) is 0 Å². The van der Waals surface area contributed by atoms with Gasteiger partial charge in [0.05, 0.1) is 10.1 Å². The van der Waals surface area contributed by atoms with Gasteiger partial charge in [-0.3, -0.25) is 0 Å². The second-order valence-electron chi connectivity index (χ2n) is 1.81. The fourth-order valence-electron chi connectivity index (χ4n) is 0.482. The van der Waals surface area contributed by atoms with Crippen LogP contribution in [-0.4, -0.2) is 30.2 Å². The van der Waals surface area contributed by atoms with Gasteiger partial charge in [0.25, 0.3) is 0 Å². The Hall–Kier alpha value is 1.26. The Kier molecular flexibility index (Phi) is 10.6. The van der Waals surface area contributed by atoms with Crippen LogP contribution in [0, 0.1) is 0 Å². The topological polar surface area (TPSA) is 57.2 Å². The van der Waals surface area contributed by atoms with E-state index in [2.05, 4.69) is 0 Å². The molecule has 0 saturated carbocycles. The summed E-state index contributed by atoms with van der Waals surface area (Å²) in [7, 11) is -3.97. The van der Waals surface area contributed by atoms with E-state index in [9.17, 15) is 13.0 Å². The van der Waals surface area contributed by atoms with Crippen LogP contribution in [0.4, 0.5) is 0 Å². The minimum atomic E-state index is -3.97. The fourth-order valence-corrected chi connectivity index (χ4v) is 1.80. The van der Waals surface area contributed by atoms with E-state index < -0.39 is 10.1 Å². The fraction of sp³-hybridized carbons (Fsp3) is 1.00. The summed E-state index contributed by atoms with van der Waals surface area (Å²) in [4.78, 5) is 0. The molecular formula is C5H11NaO3S2. The maximum absolute atomic E-state index is 10.0. The van der Waals surface area contributed by atoms with Crippen LogP contribution in [-0.2, 0) is 10.1 Å². The Labute approximate surface area is 94.4 Å². The number of thioether (sulfide) groups is 1. The largest absolute Gasteiger partial charge is 1.00 e. The van der Waals surface area contributed by atoms with Crippen LogP contribution in [0.25, 0.3) is 0 Å². The molecule has 0 heterocycles. The van der Waals surface area contributed by atoms with Gasteiger partial charge < -0.3 is 4.55 Å². The molecule has 0 aromatic heterocycles. The Morgan fingerprint density at radius 1 is 1.45 bits per heavy atom. The molecule has 0 bridgehead atoms. The molecular weight excluding hydrogens is 195 g/mol. The monoisotopic (exact) mass is 206 g/mol. The zero-order chi connectivity index (χ0) is 8.04. The molecule has 0 rings (SSSR count). The van der Waals surface area contributed by atoms with Crippen LogP contribution in [0.5, 0.6) is 0 Å². The molecule has 0 aliphatic heterocycles. The van der Waals surface area contributed by atoms with E-state index in [0.29, 0.717) is 6.42 Å². The molecule has 0 unspecified atom stereocenters. The van der Waals surface area contributed by atoms with Gasteiger partial charge in [0.1, 0.15) is 0 Å². The van der Waals surface area contributed by atoms with Crippen LogP contribution < -0.4 is 29.6 Å². The maximum atomic E-state index is 10.0. The van der Waals surface area contributed by atoms with Crippen molar-refractivity contribution in [3.05, 3.63) is 0 Å². The van der Waals surface area contributed by atoms with E-state index in [0.717, 1.165) is 11.5 Å². The molecule has 0 spiro atoms. The van der Waals surface area contributed by atoms with Gasteiger partial charge in [-0.1, -0.05) is 6.92 Å². The summed E-state index contributed by atoms with van der Waals surface area (Å²) in [6.45, 7) is 2.00.